The standard InChI is InChI=1S/C25H32N2O7S/c1-25(2,3)34-24(29)18-14-19(23(28)33-5)22(20(21(18)26)15-27-12-6-7-13-27)35(30,31)17-10-8-16(32-4)9-11-17/h8-11,14H,6-7,12-13,15,26H2,1-5H3. The minimum atomic E-state index is -4.24. The van der Waals surface area contributed by atoms with Crippen molar-refractivity contribution in [1.29, 1.82) is 0 Å². The molecule has 35 heavy (non-hydrogen) atoms. The van der Waals surface area contributed by atoms with Crippen molar-refractivity contribution in [1.82, 2.24) is 4.90 Å². The first kappa shape index (κ1) is 26.5. The van der Waals surface area contributed by atoms with Crippen LogP contribution in [0.25, 0.3) is 0 Å². The number of methoxy groups -OCH3 is 2. The lowest BCUT2D eigenvalue weighted by atomic mass is 10.0. The van der Waals surface area contributed by atoms with Gasteiger partial charge in [0, 0.05) is 12.1 Å². The van der Waals surface area contributed by atoms with E-state index in [1.54, 1.807) is 20.8 Å². The molecule has 2 N–H and O–H groups in total. The molecule has 0 bridgehead atoms. The number of nitrogens with zero attached hydrogens (tertiary/aromatic N) is 1. The van der Waals surface area contributed by atoms with Crippen LogP contribution >= 0.6 is 0 Å². The lowest BCUT2D eigenvalue weighted by molar-refractivity contribution is 0.00704. The van der Waals surface area contributed by atoms with Gasteiger partial charge in [-0.25, -0.2) is 18.0 Å². The van der Waals surface area contributed by atoms with Crippen molar-refractivity contribution in [2.24, 2.45) is 0 Å². The van der Waals surface area contributed by atoms with E-state index in [1.807, 2.05) is 4.90 Å². The fraction of sp³-hybridized carbons (Fsp3) is 0.440. The Morgan fingerprint density at radius 3 is 2.11 bits per heavy atom. The summed E-state index contributed by atoms with van der Waals surface area (Å²) in [5.74, 6) is -1.17. The molecule has 1 fully saturated rings. The number of carbonyl (C=O) groups excluding carboxylic acids is 2. The number of carbonyl (C=O) groups is 2. The third-order valence-electron chi connectivity index (χ3n) is 5.67. The van der Waals surface area contributed by atoms with E-state index in [0.717, 1.165) is 39.1 Å². The van der Waals surface area contributed by atoms with Crippen LogP contribution < -0.4 is 10.5 Å². The van der Waals surface area contributed by atoms with Crippen molar-refractivity contribution in [3.8, 4) is 5.75 Å². The predicted molar refractivity (Wildman–Crippen MR) is 130 cm³/mol. The zero-order valence-electron chi connectivity index (χ0n) is 20.7. The molecule has 1 aliphatic rings. The van der Waals surface area contributed by atoms with Gasteiger partial charge in [0.1, 0.15) is 11.4 Å². The van der Waals surface area contributed by atoms with Crippen molar-refractivity contribution >= 4 is 27.5 Å². The molecule has 2 aromatic rings. The second-order valence-corrected chi connectivity index (χ2v) is 11.2. The van der Waals surface area contributed by atoms with Gasteiger partial charge in [0.2, 0.25) is 9.84 Å². The number of nitrogens with two attached hydrogens (primary N) is 1. The molecule has 10 heteroatoms. The summed E-state index contributed by atoms with van der Waals surface area (Å²) in [7, 11) is -1.61. The molecule has 1 heterocycles. The number of anilines is 1. The highest BCUT2D eigenvalue weighted by atomic mass is 32.2. The Kier molecular flexibility index (Phi) is 7.76. The van der Waals surface area contributed by atoms with Gasteiger partial charge < -0.3 is 19.9 Å². The molecule has 0 saturated carbocycles. The van der Waals surface area contributed by atoms with Crippen LogP contribution in [0.1, 0.15) is 59.9 Å². The molecule has 0 unspecified atom stereocenters. The van der Waals surface area contributed by atoms with Crippen LogP contribution in [-0.4, -0.2) is 58.2 Å². The third-order valence-corrected chi connectivity index (χ3v) is 7.56. The Hall–Kier alpha value is -3.11. The Morgan fingerprint density at radius 1 is 1.00 bits per heavy atom. The van der Waals surface area contributed by atoms with Gasteiger partial charge in [-0.15, -0.1) is 0 Å². The van der Waals surface area contributed by atoms with E-state index in [2.05, 4.69) is 0 Å². The molecule has 0 aliphatic carbocycles. The Morgan fingerprint density at radius 2 is 1.60 bits per heavy atom. The third kappa shape index (κ3) is 5.76. The molecule has 0 atom stereocenters. The van der Waals surface area contributed by atoms with Crippen LogP contribution in [0.3, 0.4) is 0 Å². The van der Waals surface area contributed by atoms with Gasteiger partial charge in [-0.3, -0.25) is 4.90 Å². The van der Waals surface area contributed by atoms with Crippen molar-refractivity contribution in [2.75, 3.05) is 33.0 Å². The second-order valence-electron chi connectivity index (χ2n) is 9.35. The summed E-state index contributed by atoms with van der Waals surface area (Å²) in [6.45, 7) is 6.75. The molecule has 0 radical (unpaired) electrons. The fourth-order valence-corrected chi connectivity index (χ4v) is 5.66. The highest BCUT2D eigenvalue weighted by Crippen LogP contribution is 2.36. The first-order valence-corrected chi connectivity index (χ1v) is 12.8. The van der Waals surface area contributed by atoms with E-state index in [1.165, 1.54) is 31.4 Å². The van der Waals surface area contributed by atoms with E-state index in [4.69, 9.17) is 19.9 Å². The number of nitrogen functional groups attached to an aromatic ring is 1. The number of benzene rings is 2. The lowest BCUT2D eigenvalue weighted by Crippen LogP contribution is -2.27. The van der Waals surface area contributed by atoms with Gasteiger partial charge in [0.15, 0.2) is 0 Å². The van der Waals surface area contributed by atoms with Crippen LogP contribution in [-0.2, 0) is 25.9 Å². The monoisotopic (exact) mass is 504 g/mol. The molecule has 3 rings (SSSR count). The molecule has 9 nitrogen and oxygen atoms in total. The Balaban J connectivity index is 2.31. The summed E-state index contributed by atoms with van der Waals surface area (Å²) in [5.41, 5.74) is 5.41. The maximum absolute atomic E-state index is 13.9. The maximum Gasteiger partial charge on any atom is 0.340 e. The molecular formula is C25H32N2O7S. The van der Waals surface area contributed by atoms with Crippen LogP contribution in [0.4, 0.5) is 5.69 Å². The molecule has 1 aliphatic heterocycles. The second kappa shape index (κ2) is 10.2. The van der Waals surface area contributed by atoms with Gasteiger partial charge in [0.05, 0.1) is 40.8 Å². The Bertz CT molecular complexity index is 1210. The molecule has 0 aromatic heterocycles. The topological polar surface area (TPSA) is 125 Å². The average Bonchev–Trinajstić information content (AvgIpc) is 3.31. The molecule has 1 saturated heterocycles. The number of esters is 2. The van der Waals surface area contributed by atoms with Gasteiger partial charge in [0.25, 0.3) is 0 Å². The van der Waals surface area contributed by atoms with E-state index in [-0.39, 0.29) is 38.7 Å². The zero-order valence-corrected chi connectivity index (χ0v) is 21.5. The average molecular weight is 505 g/mol. The van der Waals surface area contributed by atoms with Crippen LogP contribution in [0.2, 0.25) is 0 Å². The summed E-state index contributed by atoms with van der Waals surface area (Å²) in [6, 6.07) is 6.98. The first-order valence-electron chi connectivity index (χ1n) is 11.3. The minimum absolute atomic E-state index is 0.0362. The summed E-state index contributed by atoms with van der Waals surface area (Å²) in [6.07, 6.45) is 1.91. The minimum Gasteiger partial charge on any atom is -0.497 e. The molecule has 0 amide bonds. The van der Waals surface area contributed by atoms with E-state index in [9.17, 15) is 18.0 Å². The number of hydrogen-bond acceptors (Lipinski definition) is 9. The van der Waals surface area contributed by atoms with Gasteiger partial charge >= 0.3 is 11.9 Å². The number of ether oxygens (including phenoxy) is 3. The molecule has 2 aromatic carbocycles. The fourth-order valence-electron chi connectivity index (χ4n) is 4.00. The quantitative estimate of drug-likeness (QED) is 0.446. The number of sulfone groups is 1. The molecule has 190 valence electrons. The number of likely N-dealkylation sites (tertiary alicyclic amines) is 1. The number of hydrogen-bond donors (Lipinski definition) is 1. The normalized spacial score (nSPS) is 14.5. The van der Waals surface area contributed by atoms with E-state index >= 15 is 0 Å². The van der Waals surface area contributed by atoms with Crippen molar-refractivity contribution in [3.63, 3.8) is 0 Å². The molecular weight excluding hydrogens is 472 g/mol. The van der Waals surface area contributed by atoms with Crippen molar-refractivity contribution in [3.05, 3.63) is 47.0 Å². The van der Waals surface area contributed by atoms with Crippen LogP contribution in [0, 0.1) is 0 Å². The smallest absolute Gasteiger partial charge is 0.340 e. The largest absolute Gasteiger partial charge is 0.497 e. The summed E-state index contributed by atoms with van der Waals surface area (Å²) in [5, 5.41) is 0. The van der Waals surface area contributed by atoms with Crippen molar-refractivity contribution in [2.45, 2.75) is 55.5 Å². The first-order chi connectivity index (χ1) is 16.4. The lowest BCUT2D eigenvalue weighted by Gasteiger charge is -2.24. The zero-order chi connectivity index (χ0) is 26.0. The summed E-state index contributed by atoms with van der Waals surface area (Å²) >= 11 is 0. The van der Waals surface area contributed by atoms with Crippen LogP contribution in [0.15, 0.2) is 40.1 Å². The Labute approximate surface area is 206 Å². The maximum atomic E-state index is 13.9. The highest BCUT2D eigenvalue weighted by Gasteiger charge is 2.34. The van der Waals surface area contributed by atoms with Crippen LogP contribution in [0.5, 0.6) is 5.75 Å². The SMILES string of the molecule is COC(=O)c1cc(C(=O)OC(C)(C)C)c(N)c(CN2CCCC2)c1S(=O)(=O)c1ccc(OC)cc1. The predicted octanol–water partition coefficient (Wildman–Crippen LogP) is 3.45. The summed E-state index contributed by atoms with van der Waals surface area (Å²) < 4.78 is 43.3. The van der Waals surface area contributed by atoms with Gasteiger partial charge in [-0.05, 0) is 77.0 Å². The van der Waals surface area contributed by atoms with Gasteiger partial charge in [-0.1, -0.05) is 0 Å². The van der Waals surface area contributed by atoms with Gasteiger partial charge in [-0.2, -0.15) is 0 Å². The van der Waals surface area contributed by atoms with E-state index in [0.29, 0.717) is 5.75 Å². The highest BCUT2D eigenvalue weighted by molar-refractivity contribution is 7.91. The molecule has 0 spiro atoms. The van der Waals surface area contributed by atoms with Crippen molar-refractivity contribution < 1.29 is 32.2 Å². The van der Waals surface area contributed by atoms with E-state index < -0.39 is 27.4 Å². The summed E-state index contributed by atoms with van der Waals surface area (Å²) in [4.78, 5) is 27.6. The number of rotatable bonds is 7.